The normalized spacial score (nSPS) is 11.0. The molecule has 1 rings (SSSR count). The van der Waals surface area contributed by atoms with Crippen LogP contribution in [0.25, 0.3) is 0 Å². The first-order valence-corrected chi connectivity index (χ1v) is 6.42. The third-order valence-corrected chi connectivity index (χ3v) is 3.09. The third-order valence-electron chi connectivity index (χ3n) is 3.09. The Morgan fingerprint density at radius 2 is 2.00 bits per heavy atom. The van der Waals surface area contributed by atoms with Gasteiger partial charge in [-0.1, -0.05) is 12.1 Å². The van der Waals surface area contributed by atoms with E-state index in [1.807, 2.05) is 0 Å². The number of nitrogens with one attached hydrogen (secondary N) is 1. The van der Waals surface area contributed by atoms with Gasteiger partial charge < -0.3 is 10.4 Å². The standard InChI is InChI=1S/C14H18N2O5/c1-9-5-4-6-10(16(20)21)12(9)13(19)15-14(2,3)8-7-11(17)18/h4-6H,7-8H2,1-3H3,(H,15,19)(H,17,18). The van der Waals surface area contributed by atoms with Crippen LogP contribution in [-0.2, 0) is 4.79 Å². The lowest BCUT2D eigenvalue weighted by molar-refractivity contribution is -0.385. The molecule has 0 saturated heterocycles. The number of nitro groups is 1. The lowest BCUT2D eigenvalue weighted by Gasteiger charge is -2.26. The summed E-state index contributed by atoms with van der Waals surface area (Å²) < 4.78 is 0. The Morgan fingerprint density at radius 1 is 1.38 bits per heavy atom. The van der Waals surface area contributed by atoms with E-state index in [0.717, 1.165) is 0 Å². The summed E-state index contributed by atoms with van der Waals surface area (Å²) in [6.07, 6.45) is 0.136. The Kier molecular flexibility index (Phi) is 5.02. The van der Waals surface area contributed by atoms with Gasteiger partial charge in [-0.3, -0.25) is 19.7 Å². The number of nitro benzene ring substituents is 1. The van der Waals surface area contributed by atoms with E-state index < -0.39 is 22.3 Å². The van der Waals surface area contributed by atoms with Crippen molar-refractivity contribution in [1.82, 2.24) is 5.32 Å². The van der Waals surface area contributed by atoms with Crippen LogP contribution in [0.15, 0.2) is 18.2 Å². The van der Waals surface area contributed by atoms with Gasteiger partial charge >= 0.3 is 5.97 Å². The molecule has 1 aromatic carbocycles. The molecule has 0 aliphatic rings. The fourth-order valence-electron chi connectivity index (χ4n) is 1.95. The van der Waals surface area contributed by atoms with Crippen LogP contribution in [0.5, 0.6) is 0 Å². The molecule has 0 spiro atoms. The van der Waals surface area contributed by atoms with Crippen LogP contribution in [0, 0.1) is 17.0 Å². The Balaban J connectivity index is 2.99. The van der Waals surface area contributed by atoms with Crippen molar-refractivity contribution >= 4 is 17.6 Å². The van der Waals surface area contributed by atoms with Gasteiger partial charge in [0.1, 0.15) is 5.56 Å². The van der Waals surface area contributed by atoms with Crippen molar-refractivity contribution in [2.45, 2.75) is 39.2 Å². The number of carboxylic acids is 1. The van der Waals surface area contributed by atoms with Crippen molar-refractivity contribution < 1.29 is 19.6 Å². The van der Waals surface area contributed by atoms with Gasteiger partial charge in [-0.05, 0) is 32.8 Å². The summed E-state index contributed by atoms with van der Waals surface area (Å²) in [5.41, 5.74) is -0.533. The number of carbonyl (C=O) groups is 2. The lowest BCUT2D eigenvalue weighted by atomic mass is 9.97. The molecule has 0 bridgehead atoms. The maximum Gasteiger partial charge on any atom is 0.303 e. The zero-order valence-electron chi connectivity index (χ0n) is 12.2. The minimum Gasteiger partial charge on any atom is -0.481 e. The summed E-state index contributed by atoms with van der Waals surface area (Å²) in [5, 5.41) is 22.4. The van der Waals surface area contributed by atoms with Crippen molar-refractivity contribution in [3.8, 4) is 0 Å². The van der Waals surface area contributed by atoms with Crippen LogP contribution in [0.2, 0.25) is 0 Å². The highest BCUT2D eigenvalue weighted by atomic mass is 16.6. The van der Waals surface area contributed by atoms with Gasteiger partial charge in [0, 0.05) is 18.0 Å². The number of benzene rings is 1. The first-order chi connectivity index (χ1) is 9.64. The molecular weight excluding hydrogens is 276 g/mol. The summed E-state index contributed by atoms with van der Waals surface area (Å²) in [6, 6.07) is 4.40. The highest BCUT2D eigenvalue weighted by Gasteiger charge is 2.27. The van der Waals surface area contributed by atoms with Gasteiger partial charge in [-0.25, -0.2) is 0 Å². The number of carbonyl (C=O) groups excluding carboxylic acids is 1. The van der Waals surface area contributed by atoms with Crippen LogP contribution in [0.3, 0.4) is 0 Å². The SMILES string of the molecule is Cc1cccc([N+](=O)[O-])c1C(=O)NC(C)(C)CCC(=O)O. The minimum atomic E-state index is -0.959. The molecule has 21 heavy (non-hydrogen) atoms. The third kappa shape index (κ3) is 4.55. The van der Waals surface area contributed by atoms with Crippen molar-refractivity contribution in [2.24, 2.45) is 0 Å². The minimum absolute atomic E-state index is 0.00546. The first kappa shape index (κ1) is 16.6. The topological polar surface area (TPSA) is 110 Å². The van der Waals surface area contributed by atoms with E-state index in [0.29, 0.717) is 5.56 Å². The van der Waals surface area contributed by atoms with Crippen LogP contribution in [0.1, 0.15) is 42.6 Å². The van der Waals surface area contributed by atoms with E-state index in [4.69, 9.17) is 5.11 Å². The second kappa shape index (κ2) is 6.34. The number of rotatable bonds is 6. The highest BCUT2D eigenvalue weighted by Crippen LogP contribution is 2.23. The molecule has 114 valence electrons. The van der Waals surface area contributed by atoms with Gasteiger partial charge in [-0.15, -0.1) is 0 Å². The van der Waals surface area contributed by atoms with E-state index in [1.54, 1.807) is 26.8 Å². The number of aliphatic carboxylic acids is 1. The average molecular weight is 294 g/mol. The summed E-state index contributed by atoms with van der Waals surface area (Å²) >= 11 is 0. The Morgan fingerprint density at radius 3 is 2.52 bits per heavy atom. The summed E-state index contributed by atoms with van der Waals surface area (Å²) in [4.78, 5) is 33.3. The molecule has 1 aromatic rings. The van der Waals surface area contributed by atoms with Crippen molar-refractivity contribution in [1.29, 1.82) is 0 Å². The molecule has 0 atom stereocenters. The van der Waals surface area contributed by atoms with Gasteiger partial charge in [-0.2, -0.15) is 0 Å². The molecule has 0 unspecified atom stereocenters. The van der Waals surface area contributed by atoms with Crippen LogP contribution < -0.4 is 5.32 Å². The molecule has 0 aromatic heterocycles. The first-order valence-electron chi connectivity index (χ1n) is 6.42. The van der Waals surface area contributed by atoms with E-state index in [2.05, 4.69) is 5.32 Å². The number of hydrogen-bond donors (Lipinski definition) is 2. The molecule has 0 fully saturated rings. The summed E-state index contributed by atoms with van der Waals surface area (Å²) in [5.74, 6) is -1.53. The number of hydrogen-bond acceptors (Lipinski definition) is 4. The smallest absolute Gasteiger partial charge is 0.303 e. The second-order valence-electron chi connectivity index (χ2n) is 5.46. The van der Waals surface area contributed by atoms with Gasteiger partial charge in [0.15, 0.2) is 0 Å². The molecule has 0 heterocycles. The second-order valence-corrected chi connectivity index (χ2v) is 5.46. The predicted molar refractivity (Wildman–Crippen MR) is 76.2 cm³/mol. The van der Waals surface area contributed by atoms with Crippen LogP contribution in [-0.4, -0.2) is 27.4 Å². The molecule has 0 radical (unpaired) electrons. The van der Waals surface area contributed by atoms with E-state index in [1.165, 1.54) is 12.1 Å². The number of aryl methyl sites for hydroxylation is 1. The zero-order chi connectivity index (χ0) is 16.2. The molecule has 2 N–H and O–H groups in total. The Labute approximate surface area is 122 Å². The fourth-order valence-corrected chi connectivity index (χ4v) is 1.95. The van der Waals surface area contributed by atoms with E-state index >= 15 is 0 Å². The number of amides is 1. The summed E-state index contributed by atoms with van der Waals surface area (Å²) in [7, 11) is 0. The average Bonchev–Trinajstić information content (AvgIpc) is 2.35. The molecular formula is C14H18N2O5. The quantitative estimate of drug-likeness (QED) is 0.617. The number of carboxylic acid groups (broad SMARTS) is 1. The highest BCUT2D eigenvalue weighted by molar-refractivity contribution is 6.00. The molecule has 1 amide bonds. The van der Waals surface area contributed by atoms with Gasteiger partial charge in [0.2, 0.25) is 0 Å². The lowest BCUT2D eigenvalue weighted by Crippen LogP contribution is -2.44. The Hall–Kier alpha value is -2.44. The van der Waals surface area contributed by atoms with Crippen molar-refractivity contribution in [2.75, 3.05) is 0 Å². The largest absolute Gasteiger partial charge is 0.481 e. The molecule has 7 heteroatoms. The Bertz CT molecular complexity index is 581. The predicted octanol–water partition coefficient (Wildman–Crippen LogP) is 2.28. The zero-order valence-corrected chi connectivity index (χ0v) is 12.2. The molecule has 0 aliphatic carbocycles. The van der Waals surface area contributed by atoms with Crippen LogP contribution >= 0.6 is 0 Å². The molecule has 0 aliphatic heterocycles. The maximum absolute atomic E-state index is 12.3. The van der Waals surface area contributed by atoms with E-state index in [-0.39, 0.29) is 24.1 Å². The van der Waals surface area contributed by atoms with E-state index in [9.17, 15) is 19.7 Å². The summed E-state index contributed by atoms with van der Waals surface area (Å²) in [6.45, 7) is 4.97. The fraction of sp³-hybridized carbons (Fsp3) is 0.429. The number of nitrogens with zero attached hydrogens (tertiary/aromatic N) is 1. The molecule has 0 saturated carbocycles. The van der Waals surface area contributed by atoms with Gasteiger partial charge in [0.05, 0.1) is 4.92 Å². The van der Waals surface area contributed by atoms with Crippen molar-refractivity contribution in [3.05, 3.63) is 39.4 Å². The van der Waals surface area contributed by atoms with Crippen molar-refractivity contribution in [3.63, 3.8) is 0 Å². The van der Waals surface area contributed by atoms with Crippen LogP contribution in [0.4, 0.5) is 5.69 Å². The maximum atomic E-state index is 12.3. The van der Waals surface area contributed by atoms with Gasteiger partial charge in [0.25, 0.3) is 11.6 Å². The monoisotopic (exact) mass is 294 g/mol. The molecule has 7 nitrogen and oxygen atoms in total.